The van der Waals surface area contributed by atoms with E-state index < -0.39 is 0 Å². The highest BCUT2D eigenvalue weighted by molar-refractivity contribution is 7.98. The van der Waals surface area contributed by atoms with Gasteiger partial charge in [0.2, 0.25) is 0 Å². The Balaban J connectivity index is 1.32. The molecule has 0 saturated carbocycles. The van der Waals surface area contributed by atoms with Gasteiger partial charge in [0.25, 0.3) is 17.0 Å². The number of aryl methyl sites for hydroxylation is 2. The van der Waals surface area contributed by atoms with E-state index in [1.807, 2.05) is 56.3 Å². The molecular formula is C21H20N4O4S. The van der Waals surface area contributed by atoms with Gasteiger partial charge >= 0.3 is 0 Å². The van der Waals surface area contributed by atoms with E-state index in [0.29, 0.717) is 28.6 Å². The zero-order chi connectivity index (χ0) is 20.9. The molecule has 0 fully saturated rings. The smallest absolute Gasteiger partial charge is 0.277 e. The van der Waals surface area contributed by atoms with Crippen LogP contribution >= 0.6 is 11.8 Å². The summed E-state index contributed by atoms with van der Waals surface area (Å²) in [6.07, 6.45) is 0. The van der Waals surface area contributed by atoms with Gasteiger partial charge in [-0.25, -0.2) is 0 Å². The van der Waals surface area contributed by atoms with E-state index in [1.165, 1.54) is 11.8 Å². The molecule has 8 nitrogen and oxygen atoms in total. The van der Waals surface area contributed by atoms with Crippen molar-refractivity contribution in [2.45, 2.75) is 31.4 Å². The summed E-state index contributed by atoms with van der Waals surface area (Å²) < 4.78 is 21.9. The molecule has 30 heavy (non-hydrogen) atoms. The molecule has 0 spiro atoms. The highest BCUT2D eigenvalue weighted by atomic mass is 32.2. The van der Waals surface area contributed by atoms with Crippen molar-refractivity contribution in [1.29, 1.82) is 0 Å². The Kier molecular flexibility index (Phi) is 5.99. The lowest BCUT2D eigenvalue weighted by molar-refractivity contribution is 0.250. The maximum absolute atomic E-state index is 5.79. The average molecular weight is 424 g/mol. The molecule has 2 aromatic carbocycles. The minimum Gasteiger partial charge on any atom is -0.497 e. The SMILES string of the molecule is COc1ccc(-c2nc(CSc3nnc(COc4cc(C)ccc4C)o3)no2)cc1. The van der Waals surface area contributed by atoms with Crippen LogP contribution in [-0.4, -0.2) is 27.4 Å². The molecule has 0 aliphatic heterocycles. The van der Waals surface area contributed by atoms with Gasteiger partial charge in [0.05, 0.1) is 12.9 Å². The fourth-order valence-corrected chi connectivity index (χ4v) is 3.27. The van der Waals surface area contributed by atoms with E-state index in [-0.39, 0.29) is 6.61 Å². The summed E-state index contributed by atoms with van der Waals surface area (Å²) in [6, 6.07) is 13.5. The third kappa shape index (κ3) is 4.80. The van der Waals surface area contributed by atoms with Crippen LogP contribution in [0.25, 0.3) is 11.5 Å². The molecule has 0 saturated heterocycles. The predicted octanol–water partition coefficient (Wildman–Crippen LogP) is 4.62. The first kappa shape index (κ1) is 20.0. The molecule has 0 bridgehead atoms. The number of benzene rings is 2. The second-order valence-electron chi connectivity index (χ2n) is 6.55. The average Bonchev–Trinajstić information content (AvgIpc) is 3.42. The van der Waals surface area contributed by atoms with E-state index in [1.54, 1.807) is 7.11 Å². The van der Waals surface area contributed by atoms with Crippen LogP contribution in [-0.2, 0) is 12.4 Å². The summed E-state index contributed by atoms with van der Waals surface area (Å²) in [5.74, 6) is 3.41. The Morgan fingerprint density at radius 3 is 2.67 bits per heavy atom. The summed E-state index contributed by atoms with van der Waals surface area (Å²) in [5, 5.41) is 12.5. The van der Waals surface area contributed by atoms with Crippen molar-refractivity contribution in [1.82, 2.24) is 20.3 Å². The zero-order valence-corrected chi connectivity index (χ0v) is 17.6. The summed E-state index contributed by atoms with van der Waals surface area (Å²) >= 11 is 1.34. The minimum atomic E-state index is 0.210. The standard InChI is InChI=1S/C21H20N4O4S/c1-13-4-5-14(2)17(10-13)27-11-19-23-24-21(28-19)30-12-18-22-20(29-25-18)15-6-8-16(26-3)9-7-15/h4-10H,11-12H2,1-3H3. The van der Waals surface area contributed by atoms with Gasteiger partial charge in [-0.2, -0.15) is 4.98 Å². The third-order valence-corrected chi connectivity index (χ3v) is 5.09. The van der Waals surface area contributed by atoms with Gasteiger partial charge in [-0.05, 0) is 55.3 Å². The number of thioether (sulfide) groups is 1. The molecule has 154 valence electrons. The first-order chi connectivity index (χ1) is 14.6. The van der Waals surface area contributed by atoms with Crippen LogP contribution in [0.2, 0.25) is 0 Å². The Hall–Kier alpha value is -3.33. The molecule has 0 amide bonds. The van der Waals surface area contributed by atoms with Gasteiger partial charge < -0.3 is 18.4 Å². The van der Waals surface area contributed by atoms with Crippen molar-refractivity contribution in [3.63, 3.8) is 0 Å². The molecule has 0 aliphatic carbocycles. The lowest BCUT2D eigenvalue weighted by Gasteiger charge is -2.07. The van der Waals surface area contributed by atoms with Crippen LogP contribution in [0.3, 0.4) is 0 Å². The van der Waals surface area contributed by atoms with E-state index in [0.717, 1.165) is 28.2 Å². The molecule has 0 atom stereocenters. The van der Waals surface area contributed by atoms with Crippen LogP contribution in [0.1, 0.15) is 22.8 Å². The van der Waals surface area contributed by atoms with Gasteiger partial charge in [0, 0.05) is 5.56 Å². The van der Waals surface area contributed by atoms with Crippen molar-refractivity contribution in [3.05, 3.63) is 65.3 Å². The van der Waals surface area contributed by atoms with Crippen LogP contribution in [0.15, 0.2) is 56.6 Å². The highest BCUT2D eigenvalue weighted by Crippen LogP contribution is 2.25. The summed E-state index contributed by atoms with van der Waals surface area (Å²) in [6.45, 7) is 4.22. The molecule has 0 radical (unpaired) electrons. The van der Waals surface area contributed by atoms with Gasteiger partial charge in [-0.15, -0.1) is 10.2 Å². The molecule has 4 rings (SSSR count). The van der Waals surface area contributed by atoms with Crippen molar-refractivity contribution in [3.8, 4) is 23.0 Å². The number of nitrogens with zero attached hydrogens (tertiary/aromatic N) is 4. The number of hydrogen-bond donors (Lipinski definition) is 0. The van der Waals surface area contributed by atoms with Crippen LogP contribution in [0, 0.1) is 13.8 Å². The van der Waals surface area contributed by atoms with Gasteiger partial charge in [-0.3, -0.25) is 0 Å². The summed E-state index contributed by atoms with van der Waals surface area (Å²) in [4.78, 5) is 4.40. The number of aromatic nitrogens is 4. The number of rotatable bonds is 8. The van der Waals surface area contributed by atoms with Gasteiger partial charge in [0.15, 0.2) is 12.4 Å². The molecule has 2 aromatic heterocycles. The zero-order valence-electron chi connectivity index (χ0n) is 16.8. The van der Waals surface area contributed by atoms with Crippen molar-refractivity contribution in [2.75, 3.05) is 7.11 Å². The highest BCUT2D eigenvalue weighted by Gasteiger charge is 2.13. The first-order valence-corrected chi connectivity index (χ1v) is 10.2. The molecule has 0 aliphatic rings. The largest absolute Gasteiger partial charge is 0.497 e. The quantitative estimate of drug-likeness (QED) is 0.375. The Morgan fingerprint density at radius 1 is 1.03 bits per heavy atom. The van der Waals surface area contributed by atoms with E-state index in [2.05, 4.69) is 20.3 Å². The molecular weight excluding hydrogens is 404 g/mol. The number of ether oxygens (including phenoxy) is 2. The molecule has 0 unspecified atom stereocenters. The molecule has 4 aromatic rings. The predicted molar refractivity (Wildman–Crippen MR) is 110 cm³/mol. The summed E-state index contributed by atoms with van der Waals surface area (Å²) in [7, 11) is 1.62. The van der Waals surface area contributed by atoms with E-state index in [9.17, 15) is 0 Å². The lowest BCUT2D eigenvalue weighted by atomic mass is 10.1. The number of hydrogen-bond acceptors (Lipinski definition) is 9. The Bertz CT molecular complexity index is 1120. The third-order valence-electron chi connectivity index (χ3n) is 4.27. The normalized spacial score (nSPS) is 10.9. The lowest BCUT2D eigenvalue weighted by Crippen LogP contribution is -1.97. The minimum absolute atomic E-state index is 0.210. The van der Waals surface area contributed by atoms with E-state index in [4.69, 9.17) is 18.4 Å². The topological polar surface area (TPSA) is 96.3 Å². The maximum atomic E-state index is 5.79. The monoisotopic (exact) mass is 424 g/mol. The van der Waals surface area contributed by atoms with Crippen molar-refractivity contribution >= 4 is 11.8 Å². The van der Waals surface area contributed by atoms with Crippen LogP contribution in [0.5, 0.6) is 11.5 Å². The van der Waals surface area contributed by atoms with Crippen LogP contribution < -0.4 is 9.47 Å². The number of methoxy groups -OCH3 is 1. The van der Waals surface area contributed by atoms with Gasteiger partial charge in [-0.1, -0.05) is 29.1 Å². The first-order valence-electron chi connectivity index (χ1n) is 9.23. The van der Waals surface area contributed by atoms with Crippen molar-refractivity contribution in [2.24, 2.45) is 0 Å². The summed E-state index contributed by atoms with van der Waals surface area (Å²) in [5.41, 5.74) is 3.01. The van der Waals surface area contributed by atoms with E-state index >= 15 is 0 Å². The Morgan fingerprint density at radius 2 is 1.87 bits per heavy atom. The fraction of sp³-hybridized carbons (Fsp3) is 0.238. The maximum Gasteiger partial charge on any atom is 0.277 e. The molecule has 9 heteroatoms. The molecule has 2 heterocycles. The second kappa shape index (κ2) is 9.00. The van der Waals surface area contributed by atoms with Crippen molar-refractivity contribution < 1.29 is 18.4 Å². The van der Waals surface area contributed by atoms with Gasteiger partial charge in [0.1, 0.15) is 11.5 Å². The second-order valence-corrected chi connectivity index (χ2v) is 7.48. The fourth-order valence-electron chi connectivity index (χ4n) is 2.65. The van der Waals surface area contributed by atoms with Crippen LogP contribution in [0.4, 0.5) is 0 Å². The molecule has 0 N–H and O–H groups in total. The Labute approximate surface area is 177 Å².